The minimum atomic E-state index is -0.884. The Balaban J connectivity index is 0.920. The molecule has 3 aliphatic rings. The van der Waals surface area contributed by atoms with Crippen LogP contribution in [-0.2, 0) is 25.6 Å². The van der Waals surface area contributed by atoms with E-state index in [1.54, 1.807) is 35.6 Å². The number of amides is 3. The van der Waals surface area contributed by atoms with Gasteiger partial charge in [-0.3, -0.25) is 9.59 Å². The number of aromatic amines is 2. The van der Waals surface area contributed by atoms with Crippen molar-refractivity contribution in [3.8, 4) is 33.6 Å². The molecular formula is C41H46N8O5S. The smallest absolute Gasteiger partial charge is 0.407 e. The van der Waals surface area contributed by atoms with E-state index < -0.39 is 18.2 Å². The van der Waals surface area contributed by atoms with Crippen molar-refractivity contribution in [1.29, 1.82) is 0 Å². The van der Waals surface area contributed by atoms with Gasteiger partial charge in [-0.1, -0.05) is 48.5 Å². The second kappa shape index (κ2) is 15.8. The number of rotatable bonds is 12. The van der Waals surface area contributed by atoms with E-state index in [2.05, 4.69) is 79.1 Å². The first-order valence-electron chi connectivity index (χ1n) is 19.0. The fourth-order valence-electron chi connectivity index (χ4n) is 8.87. The molecule has 2 aliphatic carbocycles. The van der Waals surface area contributed by atoms with Crippen molar-refractivity contribution in [3.05, 3.63) is 89.2 Å². The molecule has 13 nitrogen and oxygen atoms in total. The molecule has 1 saturated heterocycles. The van der Waals surface area contributed by atoms with Crippen molar-refractivity contribution < 1.29 is 23.9 Å². The van der Waals surface area contributed by atoms with E-state index in [0.29, 0.717) is 30.7 Å². The molecule has 5 aromatic rings. The molecule has 2 bridgehead atoms. The maximum absolute atomic E-state index is 13.6. The van der Waals surface area contributed by atoms with Crippen LogP contribution in [0.4, 0.5) is 4.79 Å². The van der Waals surface area contributed by atoms with Gasteiger partial charge in [0.1, 0.15) is 22.7 Å². The number of thiazole rings is 1. The quantitative estimate of drug-likeness (QED) is 0.112. The molecule has 3 amide bonds. The standard InChI is InChI=1S/C41H46N8O5S/c1-23(53-2)36(48-41(52)54-3)40(51)49-17-4-5-32(49)37-43-20-30(46-37)26-10-6-24(7-11-26)25-8-12-27(13-9-25)31-21-44-38(47-31)34-28-14-15-29(19-28)35(34)39(50)45-22-33-42-16-18-55-33/h6-13,16,18,20-21,23,28-29,32,34-36H,4-5,14-15,17,19,22H2,1-3H3,(H,43,46)(H,44,47)(H,45,50)(H,48,52)/t23-,28?,29?,32+,34-,35-,36+/m1/s1. The summed E-state index contributed by atoms with van der Waals surface area (Å²) >= 11 is 1.56. The summed E-state index contributed by atoms with van der Waals surface area (Å²) in [5.74, 6) is 2.38. The van der Waals surface area contributed by atoms with Gasteiger partial charge in [0, 0.05) is 31.1 Å². The van der Waals surface area contributed by atoms with Crippen LogP contribution in [0.15, 0.2) is 72.5 Å². The van der Waals surface area contributed by atoms with Gasteiger partial charge < -0.3 is 35.0 Å². The third kappa shape index (κ3) is 7.40. The number of H-pyrrole nitrogens is 2. The normalized spacial score (nSPS) is 22.7. The highest BCUT2D eigenvalue weighted by molar-refractivity contribution is 7.09. The van der Waals surface area contributed by atoms with Crippen LogP contribution >= 0.6 is 11.3 Å². The first-order valence-corrected chi connectivity index (χ1v) is 19.8. The Labute approximate surface area is 323 Å². The molecule has 1 aliphatic heterocycles. The summed E-state index contributed by atoms with van der Waals surface area (Å²) < 4.78 is 10.2. The molecule has 4 N–H and O–H groups in total. The number of alkyl carbamates (subject to hydrolysis) is 1. The molecule has 0 radical (unpaired) electrons. The summed E-state index contributed by atoms with van der Waals surface area (Å²) in [7, 11) is 2.77. The number of ether oxygens (including phenoxy) is 2. The Morgan fingerprint density at radius 3 is 2.15 bits per heavy atom. The zero-order valence-electron chi connectivity index (χ0n) is 31.2. The minimum Gasteiger partial charge on any atom is -0.453 e. The maximum Gasteiger partial charge on any atom is 0.407 e. The molecule has 14 heteroatoms. The maximum atomic E-state index is 13.6. The highest BCUT2D eigenvalue weighted by atomic mass is 32.1. The van der Waals surface area contributed by atoms with E-state index in [1.807, 2.05) is 11.6 Å². The topological polar surface area (TPSA) is 167 Å². The van der Waals surface area contributed by atoms with Crippen LogP contribution in [0.3, 0.4) is 0 Å². The Morgan fingerprint density at radius 2 is 1.51 bits per heavy atom. The average molecular weight is 763 g/mol. The molecular weight excluding hydrogens is 717 g/mol. The van der Waals surface area contributed by atoms with Crippen LogP contribution in [0.25, 0.3) is 33.6 Å². The third-order valence-corrected chi connectivity index (χ3v) is 12.5. The van der Waals surface area contributed by atoms with E-state index in [0.717, 1.165) is 76.6 Å². The van der Waals surface area contributed by atoms with Gasteiger partial charge in [-0.05, 0) is 73.1 Å². The van der Waals surface area contributed by atoms with Crippen molar-refractivity contribution in [1.82, 2.24) is 40.5 Å². The third-order valence-electron chi connectivity index (χ3n) is 11.8. The predicted molar refractivity (Wildman–Crippen MR) is 208 cm³/mol. The molecule has 0 spiro atoms. The molecule has 2 aromatic carbocycles. The molecule has 7 atom stereocenters. The van der Waals surface area contributed by atoms with Crippen LogP contribution < -0.4 is 10.6 Å². The van der Waals surface area contributed by atoms with Crippen LogP contribution in [0, 0.1) is 17.8 Å². The van der Waals surface area contributed by atoms with Crippen molar-refractivity contribution >= 4 is 29.2 Å². The first-order chi connectivity index (χ1) is 26.8. The van der Waals surface area contributed by atoms with E-state index in [-0.39, 0.29) is 29.7 Å². The molecule has 3 fully saturated rings. The van der Waals surface area contributed by atoms with Gasteiger partial charge in [-0.25, -0.2) is 19.7 Å². The zero-order valence-corrected chi connectivity index (χ0v) is 32.0. The molecule has 55 heavy (non-hydrogen) atoms. The number of nitrogens with one attached hydrogen (secondary N) is 4. The molecule has 4 heterocycles. The zero-order chi connectivity index (χ0) is 38.1. The van der Waals surface area contributed by atoms with E-state index in [9.17, 15) is 14.4 Å². The lowest BCUT2D eigenvalue weighted by Crippen LogP contribution is -2.54. The molecule has 3 aromatic heterocycles. The number of benzene rings is 2. The van der Waals surface area contributed by atoms with Gasteiger partial charge in [0.05, 0.1) is 55.5 Å². The SMILES string of the molecule is COC(=O)N[C@H](C(=O)N1CCC[C@H]1c1ncc(-c2ccc(-c3ccc(-c4cnc([C@@H]5C6CCC(C6)[C@H]5C(=O)NCc5nccs5)[nH]4)cc3)cc2)[nH]1)[C@@H](C)OC. The Hall–Kier alpha value is -5.34. The fraction of sp³-hybridized carbons (Fsp3) is 0.415. The monoisotopic (exact) mass is 762 g/mol. The summed E-state index contributed by atoms with van der Waals surface area (Å²) in [5.41, 5.74) is 6.00. The molecule has 2 unspecified atom stereocenters. The first kappa shape index (κ1) is 36.6. The number of hydrogen-bond acceptors (Lipinski definition) is 9. The van der Waals surface area contributed by atoms with Crippen molar-refractivity contribution in [2.45, 2.75) is 69.7 Å². The lowest BCUT2D eigenvalue weighted by Gasteiger charge is -2.30. The summed E-state index contributed by atoms with van der Waals surface area (Å²) in [5, 5.41) is 8.63. The number of nitrogens with zero attached hydrogens (tertiary/aromatic N) is 4. The highest BCUT2D eigenvalue weighted by Gasteiger charge is 2.52. The van der Waals surface area contributed by atoms with Gasteiger partial charge in [-0.2, -0.15) is 0 Å². The Bertz CT molecular complexity index is 2110. The predicted octanol–water partition coefficient (Wildman–Crippen LogP) is 6.46. The van der Waals surface area contributed by atoms with Gasteiger partial charge >= 0.3 is 6.09 Å². The summed E-state index contributed by atoms with van der Waals surface area (Å²) in [6.45, 7) is 2.77. The van der Waals surface area contributed by atoms with Gasteiger partial charge in [0.25, 0.3) is 0 Å². The molecule has 2 saturated carbocycles. The van der Waals surface area contributed by atoms with Gasteiger partial charge in [0.2, 0.25) is 11.8 Å². The molecule has 286 valence electrons. The summed E-state index contributed by atoms with van der Waals surface area (Å²) in [4.78, 5) is 61.6. The number of likely N-dealkylation sites (tertiary alicyclic amines) is 1. The van der Waals surface area contributed by atoms with Crippen LogP contribution in [0.1, 0.15) is 67.6 Å². The minimum absolute atomic E-state index is 0.0716. The van der Waals surface area contributed by atoms with Gasteiger partial charge in [0.15, 0.2) is 0 Å². The Kier molecular flexibility index (Phi) is 10.5. The molecule has 8 rings (SSSR count). The number of imidazole rings is 2. The fourth-order valence-corrected chi connectivity index (χ4v) is 9.42. The van der Waals surface area contributed by atoms with Crippen molar-refractivity contribution in [2.24, 2.45) is 17.8 Å². The summed E-state index contributed by atoms with van der Waals surface area (Å²) in [6.07, 6.45) is 9.14. The lowest BCUT2D eigenvalue weighted by molar-refractivity contribution is -0.137. The van der Waals surface area contributed by atoms with Gasteiger partial charge in [-0.15, -0.1) is 11.3 Å². The van der Waals surface area contributed by atoms with Crippen molar-refractivity contribution in [2.75, 3.05) is 20.8 Å². The second-order valence-corrected chi connectivity index (χ2v) is 15.8. The number of fused-ring (bicyclic) bond motifs is 2. The van der Waals surface area contributed by atoms with Crippen LogP contribution in [-0.4, -0.2) is 80.6 Å². The van der Waals surface area contributed by atoms with E-state index in [4.69, 9.17) is 14.5 Å². The van der Waals surface area contributed by atoms with Crippen LogP contribution in [0.5, 0.6) is 0 Å². The highest BCUT2D eigenvalue weighted by Crippen LogP contribution is 2.56. The number of hydrogen-bond donors (Lipinski definition) is 4. The number of carbonyl (C=O) groups excluding carboxylic acids is 3. The second-order valence-electron chi connectivity index (χ2n) is 14.8. The van der Waals surface area contributed by atoms with Crippen molar-refractivity contribution in [3.63, 3.8) is 0 Å². The van der Waals surface area contributed by atoms with E-state index in [1.165, 1.54) is 14.2 Å². The number of carbonyl (C=O) groups is 3. The average Bonchev–Trinajstić information content (AvgIpc) is 4.08. The number of aromatic nitrogens is 5. The van der Waals surface area contributed by atoms with E-state index >= 15 is 0 Å². The largest absolute Gasteiger partial charge is 0.453 e. The summed E-state index contributed by atoms with van der Waals surface area (Å²) in [6, 6.07) is 15.6. The lowest BCUT2D eigenvalue weighted by atomic mass is 9.78. The number of methoxy groups -OCH3 is 2. The van der Waals surface area contributed by atoms with Crippen LogP contribution in [0.2, 0.25) is 0 Å². The Morgan fingerprint density at radius 1 is 0.873 bits per heavy atom.